The van der Waals surface area contributed by atoms with Crippen LogP contribution >= 0.6 is 11.3 Å². The molecule has 0 bridgehead atoms. The number of aryl methyl sites for hydroxylation is 1. The van der Waals surface area contributed by atoms with Gasteiger partial charge in [0.25, 0.3) is 11.8 Å². The van der Waals surface area contributed by atoms with Crippen LogP contribution in [-0.4, -0.2) is 32.0 Å². The average molecular weight is 420 g/mol. The van der Waals surface area contributed by atoms with Gasteiger partial charge in [-0.3, -0.25) is 9.59 Å². The molecule has 154 valence electrons. The molecule has 0 saturated carbocycles. The summed E-state index contributed by atoms with van der Waals surface area (Å²) in [5.74, 6) is -0.612. The molecule has 0 aliphatic rings. The van der Waals surface area contributed by atoms with Gasteiger partial charge in [-0.05, 0) is 48.2 Å². The highest BCUT2D eigenvalue weighted by atomic mass is 32.1. The van der Waals surface area contributed by atoms with Crippen LogP contribution in [0, 0.1) is 6.92 Å². The third-order valence-corrected chi connectivity index (χ3v) is 5.46. The highest BCUT2D eigenvalue weighted by Crippen LogP contribution is 2.14. The fraction of sp³-hybridized carbons (Fsp3) is 0.167. The van der Waals surface area contributed by atoms with Crippen molar-refractivity contribution in [2.45, 2.75) is 6.92 Å². The third kappa shape index (κ3) is 5.81. The number of hydrogen-bond donors (Lipinski definition) is 2. The van der Waals surface area contributed by atoms with Crippen molar-refractivity contribution in [1.82, 2.24) is 10.6 Å². The van der Waals surface area contributed by atoms with Crippen molar-refractivity contribution in [2.24, 2.45) is 0 Å². The topological polar surface area (TPSA) is 61.4 Å². The van der Waals surface area contributed by atoms with E-state index in [1.54, 1.807) is 12.1 Å². The maximum absolute atomic E-state index is 12.8. The van der Waals surface area contributed by atoms with Crippen molar-refractivity contribution in [2.75, 3.05) is 25.0 Å². The van der Waals surface area contributed by atoms with E-state index in [4.69, 9.17) is 0 Å². The molecule has 3 rings (SSSR count). The fourth-order valence-corrected chi connectivity index (χ4v) is 3.59. The number of para-hydroxylation sites is 1. The Labute approximate surface area is 181 Å². The number of amides is 2. The van der Waals surface area contributed by atoms with Crippen molar-refractivity contribution < 1.29 is 9.59 Å². The maximum atomic E-state index is 12.8. The highest BCUT2D eigenvalue weighted by Gasteiger charge is 2.16. The van der Waals surface area contributed by atoms with Gasteiger partial charge in [0.15, 0.2) is 0 Å². The minimum Gasteiger partial charge on any atom is -0.373 e. The molecule has 0 fully saturated rings. The Morgan fingerprint density at radius 1 is 1.00 bits per heavy atom. The molecule has 5 nitrogen and oxygen atoms in total. The first kappa shape index (κ1) is 21.3. The lowest BCUT2D eigenvalue weighted by molar-refractivity contribution is -0.117. The third-order valence-electron chi connectivity index (χ3n) is 4.64. The molecule has 3 aromatic rings. The second kappa shape index (κ2) is 10.4. The van der Waals surface area contributed by atoms with Gasteiger partial charge in [-0.2, -0.15) is 0 Å². The number of nitrogens with zero attached hydrogens (tertiary/aromatic N) is 1. The zero-order valence-corrected chi connectivity index (χ0v) is 17.9. The summed E-state index contributed by atoms with van der Waals surface area (Å²) in [4.78, 5) is 28.5. The summed E-state index contributed by atoms with van der Waals surface area (Å²) in [6.07, 6.45) is 1.71. The van der Waals surface area contributed by atoms with Gasteiger partial charge < -0.3 is 15.5 Å². The summed E-state index contributed by atoms with van der Waals surface area (Å²) in [5, 5.41) is 7.62. The zero-order chi connectivity index (χ0) is 21.3. The minimum atomic E-state index is -0.313. The van der Waals surface area contributed by atoms with Gasteiger partial charge in [0.05, 0.1) is 0 Å². The first-order chi connectivity index (χ1) is 14.5. The van der Waals surface area contributed by atoms with Crippen LogP contribution in [0.4, 0.5) is 5.69 Å². The molecule has 0 aliphatic carbocycles. The molecule has 6 heteroatoms. The monoisotopic (exact) mass is 419 g/mol. The second-order valence-corrected chi connectivity index (χ2v) is 7.83. The number of carbonyl (C=O) groups is 2. The Morgan fingerprint density at radius 3 is 2.43 bits per heavy atom. The standard InChI is InChI=1S/C24H25N3O2S/c1-18-9-6-7-13-21(18)23(28)26-22(17-20-12-8-16-30-20)24(29)25-14-15-27(2)19-10-4-3-5-11-19/h3-13,16-17H,14-15H2,1-2H3,(H,25,29)(H,26,28)/b22-17-. The molecule has 0 radical (unpaired) electrons. The first-order valence-corrected chi connectivity index (χ1v) is 10.6. The van der Waals surface area contributed by atoms with Crippen molar-refractivity contribution in [3.63, 3.8) is 0 Å². The predicted molar refractivity (Wildman–Crippen MR) is 124 cm³/mol. The molecule has 1 heterocycles. The summed E-state index contributed by atoms with van der Waals surface area (Å²) in [7, 11) is 1.98. The summed E-state index contributed by atoms with van der Waals surface area (Å²) in [6.45, 7) is 2.97. The number of thiophene rings is 1. The van der Waals surface area contributed by atoms with E-state index in [9.17, 15) is 9.59 Å². The largest absolute Gasteiger partial charge is 0.373 e. The van der Waals surface area contributed by atoms with Gasteiger partial charge in [0, 0.05) is 36.3 Å². The van der Waals surface area contributed by atoms with E-state index < -0.39 is 0 Å². The van der Waals surface area contributed by atoms with Crippen LogP contribution in [0.2, 0.25) is 0 Å². The van der Waals surface area contributed by atoms with Gasteiger partial charge in [-0.1, -0.05) is 42.5 Å². The number of likely N-dealkylation sites (N-methyl/N-ethyl adjacent to an activating group) is 1. The van der Waals surface area contributed by atoms with Crippen LogP contribution in [0.15, 0.2) is 77.8 Å². The number of carbonyl (C=O) groups excluding carboxylic acids is 2. The Kier molecular flexibility index (Phi) is 7.40. The lowest BCUT2D eigenvalue weighted by atomic mass is 10.1. The van der Waals surface area contributed by atoms with E-state index in [0.29, 0.717) is 18.7 Å². The first-order valence-electron chi connectivity index (χ1n) is 9.71. The molecule has 0 saturated heterocycles. The highest BCUT2D eigenvalue weighted by molar-refractivity contribution is 7.10. The van der Waals surface area contributed by atoms with Crippen LogP contribution < -0.4 is 15.5 Å². The molecule has 2 amide bonds. The Morgan fingerprint density at radius 2 is 1.73 bits per heavy atom. The normalized spacial score (nSPS) is 11.1. The van der Waals surface area contributed by atoms with Crippen LogP contribution in [0.3, 0.4) is 0 Å². The molecule has 1 aromatic heterocycles. The number of rotatable bonds is 8. The average Bonchev–Trinajstić information content (AvgIpc) is 3.27. The lowest BCUT2D eigenvalue weighted by Crippen LogP contribution is -2.38. The SMILES string of the molecule is Cc1ccccc1C(=O)N/C(=C\c1cccs1)C(=O)NCCN(C)c1ccccc1. The van der Waals surface area contributed by atoms with Crippen LogP contribution in [0.25, 0.3) is 6.08 Å². The lowest BCUT2D eigenvalue weighted by Gasteiger charge is -2.19. The van der Waals surface area contributed by atoms with Crippen molar-refractivity contribution in [3.8, 4) is 0 Å². The summed E-state index contributed by atoms with van der Waals surface area (Å²) in [5.41, 5.74) is 2.71. The fourth-order valence-electron chi connectivity index (χ4n) is 2.94. The number of benzene rings is 2. The Balaban J connectivity index is 1.67. The van der Waals surface area contributed by atoms with Gasteiger partial charge >= 0.3 is 0 Å². The second-order valence-electron chi connectivity index (χ2n) is 6.86. The van der Waals surface area contributed by atoms with Crippen LogP contribution in [0.5, 0.6) is 0 Å². The molecule has 0 aliphatic heterocycles. The summed E-state index contributed by atoms with van der Waals surface area (Å²) in [6, 6.07) is 21.1. The van der Waals surface area contributed by atoms with E-state index in [-0.39, 0.29) is 17.5 Å². The molecule has 30 heavy (non-hydrogen) atoms. The molecular formula is C24H25N3O2S. The molecule has 0 atom stereocenters. The number of anilines is 1. The van der Waals surface area contributed by atoms with E-state index in [0.717, 1.165) is 16.1 Å². The predicted octanol–water partition coefficient (Wildman–Crippen LogP) is 4.08. The Hall–Kier alpha value is -3.38. The minimum absolute atomic E-state index is 0.230. The summed E-state index contributed by atoms with van der Waals surface area (Å²) >= 11 is 1.50. The van der Waals surface area contributed by atoms with E-state index >= 15 is 0 Å². The van der Waals surface area contributed by atoms with Crippen LogP contribution in [-0.2, 0) is 4.79 Å². The van der Waals surface area contributed by atoms with Crippen molar-refractivity contribution in [1.29, 1.82) is 0 Å². The molecule has 0 unspecified atom stereocenters. The molecule has 0 spiro atoms. The van der Waals surface area contributed by atoms with Crippen LogP contribution in [0.1, 0.15) is 20.8 Å². The molecule has 2 N–H and O–H groups in total. The molecule has 2 aromatic carbocycles. The van der Waals surface area contributed by atoms with E-state index in [1.807, 2.05) is 80.0 Å². The van der Waals surface area contributed by atoms with E-state index in [1.165, 1.54) is 11.3 Å². The van der Waals surface area contributed by atoms with Gasteiger partial charge in [-0.15, -0.1) is 11.3 Å². The maximum Gasteiger partial charge on any atom is 0.267 e. The summed E-state index contributed by atoms with van der Waals surface area (Å²) < 4.78 is 0. The Bertz CT molecular complexity index is 1010. The molecular weight excluding hydrogens is 394 g/mol. The number of hydrogen-bond acceptors (Lipinski definition) is 4. The zero-order valence-electron chi connectivity index (χ0n) is 17.1. The quantitative estimate of drug-likeness (QED) is 0.541. The van der Waals surface area contributed by atoms with Gasteiger partial charge in [0.1, 0.15) is 5.70 Å². The van der Waals surface area contributed by atoms with Crippen molar-refractivity contribution >= 4 is 34.9 Å². The van der Waals surface area contributed by atoms with Gasteiger partial charge in [-0.25, -0.2) is 0 Å². The van der Waals surface area contributed by atoms with E-state index in [2.05, 4.69) is 15.5 Å². The smallest absolute Gasteiger partial charge is 0.267 e. The number of nitrogens with one attached hydrogen (secondary N) is 2. The van der Waals surface area contributed by atoms with Gasteiger partial charge in [0.2, 0.25) is 0 Å². The van der Waals surface area contributed by atoms with Crippen molar-refractivity contribution in [3.05, 3.63) is 93.8 Å².